The maximum atomic E-state index is 12.9. The van der Waals surface area contributed by atoms with Crippen molar-refractivity contribution in [2.45, 2.75) is 10.6 Å². The van der Waals surface area contributed by atoms with Crippen molar-refractivity contribution in [3.8, 4) is 0 Å². The number of anilines is 1. The van der Waals surface area contributed by atoms with Crippen LogP contribution in [0.1, 0.15) is 15.9 Å². The fourth-order valence-corrected chi connectivity index (χ4v) is 3.12. The van der Waals surface area contributed by atoms with E-state index in [0.29, 0.717) is 5.56 Å². The smallest absolute Gasteiger partial charge is 0.255 e. The zero-order valence-corrected chi connectivity index (χ0v) is 13.7. The van der Waals surface area contributed by atoms with Crippen LogP contribution in [0, 0.1) is 5.82 Å². The van der Waals surface area contributed by atoms with Gasteiger partial charge >= 0.3 is 0 Å². The van der Waals surface area contributed by atoms with E-state index in [2.05, 4.69) is 17.4 Å². The van der Waals surface area contributed by atoms with Gasteiger partial charge in [0.25, 0.3) is 5.91 Å². The molecule has 0 atom stereocenters. The highest BCUT2D eigenvalue weighted by Crippen LogP contribution is 2.25. The highest BCUT2D eigenvalue weighted by molar-refractivity contribution is 7.98. The summed E-state index contributed by atoms with van der Waals surface area (Å²) in [6.45, 7) is 0. The molecule has 0 aliphatic rings. The summed E-state index contributed by atoms with van der Waals surface area (Å²) in [5, 5.41) is 2.84. The van der Waals surface area contributed by atoms with E-state index < -0.39 is 0 Å². The number of nitrogens with one attached hydrogen (secondary N) is 1. The van der Waals surface area contributed by atoms with E-state index in [-0.39, 0.29) is 11.7 Å². The molecule has 120 valence electrons. The molecule has 24 heavy (non-hydrogen) atoms. The van der Waals surface area contributed by atoms with E-state index in [1.807, 2.05) is 42.5 Å². The van der Waals surface area contributed by atoms with E-state index >= 15 is 0 Å². The second-order valence-corrected chi connectivity index (χ2v) is 6.31. The molecule has 3 aromatic rings. The average molecular weight is 337 g/mol. The summed E-state index contributed by atoms with van der Waals surface area (Å²) < 4.78 is 12.9. The molecule has 0 aliphatic carbocycles. The van der Waals surface area contributed by atoms with Gasteiger partial charge in [-0.25, -0.2) is 4.39 Å². The first kappa shape index (κ1) is 16.3. The first-order valence-corrected chi connectivity index (χ1v) is 8.53. The zero-order valence-electron chi connectivity index (χ0n) is 12.9. The minimum atomic E-state index is -0.356. The first-order chi connectivity index (χ1) is 11.7. The van der Waals surface area contributed by atoms with Crippen LogP contribution < -0.4 is 5.32 Å². The molecule has 0 radical (unpaired) electrons. The molecule has 0 saturated heterocycles. The number of hydrogen-bond acceptors (Lipinski definition) is 2. The van der Waals surface area contributed by atoms with Crippen molar-refractivity contribution in [1.29, 1.82) is 0 Å². The van der Waals surface area contributed by atoms with Crippen molar-refractivity contribution in [3.63, 3.8) is 0 Å². The lowest BCUT2D eigenvalue weighted by Crippen LogP contribution is -2.11. The maximum Gasteiger partial charge on any atom is 0.255 e. The Morgan fingerprint density at radius 1 is 0.917 bits per heavy atom. The highest BCUT2D eigenvalue weighted by atomic mass is 32.2. The van der Waals surface area contributed by atoms with Gasteiger partial charge in [-0.2, -0.15) is 0 Å². The van der Waals surface area contributed by atoms with Crippen molar-refractivity contribution < 1.29 is 9.18 Å². The van der Waals surface area contributed by atoms with E-state index in [0.717, 1.165) is 16.3 Å². The largest absolute Gasteiger partial charge is 0.322 e. The predicted molar refractivity (Wildman–Crippen MR) is 96.8 cm³/mol. The Morgan fingerprint density at radius 2 is 1.67 bits per heavy atom. The van der Waals surface area contributed by atoms with Crippen molar-refractivity contribution >= 4 is 23.4 Å². The van der Waals surface area contributed by atoms with Gasteiger partial charge < -0.3 is 5.32 Å². The number of benzene rings is 3. The molecular weight excluding hydrogens is 321 g/mol. The quantitative estimate of drug-likeness (QED) is 0.634. The number of carbonyl (C=O) groups is 1. The van der Waals surface area contributed by atoms with Gasteiger partial charge in [-0.15, -0.1) is 11.8 Å². The summed E-state index contributed by atoms with van der Waals surface area (Å²) in [6, 6.07) is 23.4. The Labute approximate surface area is 144 Å². The van der Waals surface area contributed by atoms with Crippen LogP contribution in [0.25, 0.3) is 0 Å². The second-order valence-electron chi connectivity index (χ2n) is 5.26. The summed E-state index contributed by atoms with van der Waals surface area (Å²) in [5.74, 6) is 0.266. The lowest BCUT2D eigenvalue weighted by atomic mass is 10.2. The standard InChI is InChI=1S/C20H16FNOS/c21-17-11-9-16(10-12-17)20(23)22-18-7-4-8-19(13-18)24-14-15-5-2-1-3-6-15/h1-13H,14H2,(H,22,23). The van der Waals surface area contributed by atoms with Gasteiger partial charge in [-0.3, -0.25) is 4.79 Å². The molecule has 1 N–H and O–H groups in total. The van der Waals surface area contributed by atoms with E-state index in [4.69, 9.17) is 0 Å². The minimum Gasteiger partial charge on any atom is -0.322 e. The van der Waals surface area contributed by atoms with Crippen molar-refractivity contribution in [2.75, 3.05) is 5.32 Å². The van der Waals surface area contributed by atoms with Gasteiger partial charge in [0.2, 0.25) is 0 Å². The van der Waals surface area contributed by atoms with Crippen LogP contribution in [-0.2, 0) is 5.75 Å². The summed E-state index contributed by atoms with van der Waals surface area (Å²) in [7, 11) is 0. The summed E-state index contributed by atoms with van der Waals surface area (Å²) in [5.41, 5.74) is 2.41. The number of amides is 1. The van der Waals surface area contributed by atoms with Crippen LogP contribution in [-0.4, -0.2) is 5.91 Å². The molecule has 4 heteroatoms. The number of hydrogen-bond donors (Lipinski definition) is 1. The first-order valence-electron chi connectivity index (χ1n) is 7.54. The van der Waals surface area contributed by atoms with Crippen LogP contribution >= 0.6 is 11.8 Å². The number of carbonyl (C=O) groups excluding carboxylic acids is 1. The zero-order chi connectivity index (χ0) is 16.8. The fraction of sp³-hybridized carbons (Fsp3) is 0.0500. The van der Waals surface area contributed by atoms with Gasteiger partial charge in [0.05, 0.1) is 0 Å². The highest BCUT2D eigenvalue weighted by Gasteiger charge is 2.06. The summed E-state index contributed by atoms with van der Waals surface area (Å²) in [4.78, 5) is 13.3. The van der Waals surface area contributed by atoms with Gasteiger partial charge in [0.15, 0.2) is 0 Å². The van der Waals surface area contributed by atoms with Crippen LogP contribution in [0.5, 0.6) is 0 Å². The molecule has 0 heterocycles. The topological polar surface area (TPSA) is 29.1 Å². The Morgan fingerprint density at radius 3 is 2.42 bits per heavy atom. The molecular formula is C20H16FNOS. The molecule has 0 aromatic heterocycles. The molecule has 0 bridgehead atoms. The maximum absolute atomic E-state index is 12.9. The normalized spacial score (nSPS) is 10.4. The van der Waals surface area contributed by atoms with E-state index in [1.54, 1.807) is 11.8 Å². The Kier molecular flexibility index (Phi) is 5.29. The van der Waals surface area contributed by atoms with Gasteiger partial charge in [-0.1, -0.05) is 36.4 Å². The SMILES string of the molecule is O=C(Nc1cccc(SCc2ccccc2)c1)c1ccc(F)cc1. The lowest BCUT2D eigenvalue weighted by Gasteiger charge is -2.08. The molecule has 0 spiro atoms. The lowest BCUT2D eigenvalue weighted by molar-refractivity contribution is 0.102. The Balaban J connectivity index is 1.64. The molecule has 3 rings (SSSR count). The number of rotatable bonds is 5. The van der Waals surface area contributed by atoms with Crippen molar-refractivity contribution in [3.05, 3.63) is 95.8 Å². The van der Waals surface area contributed by atoms with Crippen molar-refractivity contribution in [1.82, 2.24) is 0 Å². The van der Waals surface area contributed by atoms with Gasteiger partial charge in [0.1, 0.15) is 5.82 Å². The molecule has 0 saturated carbocycles. The van der Waals surface area contributed by atoms with E-state index in [9.17, 15) is 9.18 Å². The molecule has 1 amide bonds. The third-order valence-electron chi connectivity index (χ3n) is 3.45. The van der Waals surface area contributed by atoms with Crippen LogP contribution in [0.2, 0.25) is 0 Å². The Hall–Kier alpha value is -2.59. The third kappa shape index (κ3) is 4.46. The molecule has 0 aliphatic heterocycles. The Bertz CT molecular complexity index is 819. The monoisotopic (exact) mass is 337 g/mol. The van der Waals surface area contributed by atoms with Gasteiger partial charge in [0, 0.05) is 21.9 Å². The second kappa shape index (κ2) is 7.79. The average Bonchev–Trinajstić information content (AvgIpc) is 2.62. The molecule has 3 aromatic carbocycles. The summed E-state index contributed by atoms with van der Waals surface area (Å²) in [6.07, 6.45) is 0. The molecule has 2 nitrogen and oxygen atoms in total. The van der Waals surface area contributed by atoms with E-state index in [1.165, 1.54) is 29.8 Å². The van der Waals surface area contributed by atoms with Crippen LogP contribution in [0.3, 0.4) is 0 Å². The molecule has 0 unspecified atom stereocenters. The number of halogens is 1. The van der Waals surface area contributed by atoms with Gasteiger partial charge in [-0.05, 0) is 48.0 Å². The van der Waals surface area contributed by atoms with Crippen LogP contribution in [0.15, 0.2) is 83.8 Å². The predicted octanol–water partition coefficient (Wildman–Crippen LogP) is 5.37. The van der Waals surface area contributed by atoms with Crippen molar-refractivity contribution in [2.24, 2.45) is 0 Å². The third-order valence-corrected chi connectivity index (χ3v) is 4.51. The summed E-state index contributed by atoms with van der Waals surface area (Å²) >= 11 is 1.71. The fourth-order valence-electron chi connectivity index (χ4n) is 2.21. The molecule has 0 fully saturated rings. The van der Waals surface area contributed by atoms with Crippen LogP contribution in [0.4, 0.5) is 10.1 Å². The minimum absolute atomic E-state index is 0.250. The number of thioether (sulfide) groups is 1.